The summed E-state index contributed by atoms with van der Waals surface area (Å²) in [5.74, 6) is 0.656. The maximum atomic E-state index is 6.93. The van der Waals surface area contributed by atoms with Crippen molar-refractivity contribution < 1.29 is 4.74 Å². The van der Waals surface area contributed by atoms with Crippen molar-refractivity contribution in [2.24, 2.45) is 5.92 Å². The number of nitrogens with zero attached hydrogens (tertiary/aromatic N) is 1. The smallest absolute Gasteiger partial charge is 0.108 e. The molecule has 32 heavy (non-hydrogen) atoms. The van der Waals surface area contributed by atoms with Gasteiger partial charge in [-0.2, -0.15) is 0 Å². The summed E-state index contributed by atoms with van der Waals surface area (Å²) in [6.07, 6.45) is 8.12. The Morgan fingerprint density at radius 2 is 1.81 bits per heavy atom. The molecule has 2 unspecified atom stereocenters. The van der Waals surface area contributed by atoms with E-state index in [1.807, 2.05) is 0 Å². The summed E-state index contributed by atoms with van der Waals surface area (Å²) in [6, 6.07) is 18.5. The average Bonchev–Trinajstić information content (AvgIpc) is 3.19. The lowest BCUT2D eigenvalue weighted by Gasteiger charge is -2.47. The van der Waals surface area contributed by atoms with Gasteiger partial charge in [0.1, 0.15) is 5.60 Å². The largest absolute Gasteiger partial charge is 0.365 e. The predicted octanol–water partition coefficient (Wildman–Crippen LogP) is 6.77. The number of hydrogen-bond acceptors (Lipinski definition) is 2. The van der Waals surface area contributed by atoms with Gasteiger partial charge in [0.05, 0.1) is 11.8 Å². The number of H-pyrrole nitrogens is 1. The number of aromatic nitrogens is 1. The van der Waals surface area contributed by atoms with Crippen LogP contribution in [0.15, 0.2) is 48.5 Å². The lowest BCUT2D eigenvalue weighted by atomic mass is 9.71. The fraction of sp³-hybridized carbons (Fsp3) is 0.517. The van der Waals surface area contributed by atoms with E-state index in [0.29, 0.717) is 18.1 Å². The summed E-state index contributed by atoms with van der Waals surface area (Å²) in [4.78, 5) is 6.25. The summed E-state index contributed by atoms with van der Waals surface area (Å²) in [5.41, 5.74) is 6.90. The first-order valence-corrected chi connectivity index (χ1v) is 12.6. The first-order valence-electron chi connectivity index (χ1n) is 12.6. The number of hydrogen-bond donors (Lipinski definition) is 1. The van der Waals surface area contributed by atoms with Crippen LogP contribution in [0.2, 0.25) is 0 Å². The molecule has 1 fully saturated rings. The Kier molecular flexibility index (Phi) is 5.90. The van der Waals surface area contributed by atoms with E-state index in [2.05, 4.69) is 86.4 Å². The highest BCUT2D eigenvalue weighted by atomic mass is 16.5. The van der Waals surface area contributed by atoms with Gasteiger partial charge in [-0.05, 0) is 87.4 Å². The Bertz CT molecular complexity index is 1060. The highest BCUT2D eigenvalue weighted by molar-refractivity contribution is 5.86. The minimum absolute atomic E-state index is 0.149. The van der Waals surface area contributed by atoms with Gasteiger partial charge >= 0.3 is 0 Å². The molecule has 1 spiro atoms. The zero-order chi connectivity index (χ0) is 22.3. The summed E-state index contributed by atoms with van der Waals surface area (Å²) >= 11 is 0. The minimum atomic E-state index is -0.149. The van der Waals surface area contributed by atoms with Crippen LogP contribution in [0.1, 0.15) is 74.4 Å². The number of ether oxygens (including phenoxy) is 1. The Morgan fingerprint density at radius 3 is 2.47 bits per heavy atom. The average molecular weight is 431 g/mol. The van der Waals surface area contributed by atoms with Crippen molar-refractivity contribution in [3.05, 3.63) is 70.9 Å². The standard InChI is InChI=1S/C29H38N2O/c1-5-20-12-13-26-24(18-20)25-19-23(6-2)32-29(28(25)30-26)16-14-22(15-17-29)27(31(3)4)21-10-8-7-9-11-21/h7-13,18,22-23,27,30H,5-6,14-17,19H2,1-4H3. The second kappa shape index (κ2) is 8.68. The van der Waals surface area contributed by atoms with Crippen molar-refractivity contribution in [3.63, 3.8) is 0 Å². The first-order chi connectivity index (χ1) is 15.5. The van der Waals surface area contributed by atoms with E-state index >= 15 is 0 Å². The van der Waals surface area contributed by atoms with Gasteiger partial charge in [0.25, 0.3) is 0 Å². The van der Waals surface area contributed by atoms with E-state index in [4.69, 9.17) is 4.74 Å². The highest BCUT2D eigenvalue weighted by Gasteiger charge is 2.46. The Morgan fingerprint density at radius 1 is 1.06 bits per heavy atom. The zero-order valence-corrected chi connectivity index (χ0v) is 20.2. The van der Waals surface area contributed by atoms with Gasteiger partial charge in [0.2, 0.25) is 0 Å². The van der Waals surface area contributed by atoms with Crippen LogP contribution in [0.4, 0.5) is 0 Å². The van der Waals surface area contributed by atoms with Crippen LogP contribution < -0.4 is 0 Å². The van der Waals surface area contributed by atoms with Crippen LogP contribution in [0.3, 0.4) is 0 Å². The highest BCUT2D eigenvalue weighted by Crippen LogP contribution is 2.51. The van der Waals surface area contributed by atoms with Gasteiger partial charge in [-0.3, -0.25) is 0 Å². The van der Waals surface area contributed by atoms with E-state index < -0.39 is 0 Å². The van der Waals surface area contributed by atoms with Gasteiger partial charge in [-0.25, -0.2) is 0 Å². The second-order valence-electron chi connectivity index (χ2n) is 10.2. The molecule has 0 saturated heterocycles. The molecule has 0 amide bonds. The topological polar surface area (TPSA) is 28.3 Å². The van der Waals surface area contributed by atoms with Gasteiger partial charge in [-0.15, -0.1) is 0 Å². The van der Waals surface area contributed by atoms with Crippen molar-refractivity contribution >= 4 is 10.9 Å². The number of nitrogens with one attached hydrogen (secondary N) is 1. The quantitative estimate of drug-likeness (QED) is 0.484. The monoisotopic (exact) mass is 430 g/mol. The lowest BCUT2D eigenvalue weighted by Crippen LogP contribution is -2.44. The van der Waals surface area contributed by atoms with Gasteiger partial charge < -0.3 is 14.6 Å². The molecule has 5 rings (SSSR count). The normalized spacial score (nSPS) is 26.5. The van der Waals surface area contributed by atoms with Crippen molar-refractivity contribution in [2.45, 2.75) is 76.5 Å². The van der Waals surface area contributed by atoms with E-state index in [1.54, 1.807) is 0 Å². The molecule has 0 radical (unpaired) electrons. The van der Waals surface area contributed by atoms with Crippen molar-refractivity contribution in [2.75, 3.05) is 14.1 Å². The molecule has 1 aliphatic carbocycles. The number of fused-ring (bicyclic) bond motifs is 4. The van der Waals surface area contributed by atoms with Crippen LogP contribution in [-0.2, 0) is 23.2 Å². The second-order valence-corrected chi connectivity index (χ2v) is 10.2. The molecular formula is C29H38N2O. The molecule has 2 atom stereocenters. The third-order valence-electron chi connectivity index (χ3n) is 8.10. The fourth-order valence-electron chi connectivity index (χ4n) is 6.42. The molecule has 3 nitrogen and oxygen atoms in total. The van der Waals surface area contributed by atoms with Crippen molar-refractivity contribution in [3.8, 4) is 0 Å². The molecule has 1 aliphatic heterocycles. The van der Waals surface area contributed by atoms with Gasteiger partial charge in [-0.1, -0.05) is 50.2 Å². The molecular weight excluding hydrogens is 392 g/mol. The maximum absolute atomic E-state index is 6.93. The van der Waals surface area contributed by atoms with E-state index in [9.17, 15) is 0 Å². The molecule has 1 aromatic heterocycles. The summed E-state index contributed by atoms with van der Waals surface area (Å²) in [6.45, 7) is 4.52. The summed E-state index contributed by atoms with van der Waals surface area (Å²) in [7, 11) is 4.46. The number of aromatic amines is 1. The molecule has 2 heterocycles. The fourth-order valence-corrected chi connectivity index (χ4v) is 6.42. The van der Waals surface area contributed by atoms with Crippen molar-refractivity contribution in [1.29, 1.82) is 0 Å². The maximum Gasteiger partial charge on any atom is 0.108 e. The molecule has 2 aromatic carbocycles. The number of rotatable bonds is 5. The lowest BCUT2D eigenvalue weighted by molar-refractivity contribution is -0.142. The van der Waals surface area contributed by atoms with Crippen LogP contribution >= 0.6 is 0 Å². The zero-order valence-electron chi connectivity index (χ0n) is 20.2. The Labute approximate surface area is 193 Å². The van der Waals surface area contributed by atoms with Crippen LogP contribution in [0, 0.1) is 5.92 Å². The van der Waals surface area contributed by atoms with Crippen LogP contribution in [-0.4, -0.2) is 30.1 Å². The molecule has 2 aliphatic rings. The van der Waals surface area contributed by atoms with Gasteiger partial charge in [0.15, 0.2) is 0 Å². The SMILES string of the molecule is CCc1ccc2[nH]c3c(c2c1)CC(CC)OC31CCC(C(c2ccccc2)N(C)C)CC1. The van der Waals surface area contributed by atoms with Crippen LogP contribution in [0.5, 0.6) is 0 Å². The third kappa shape index (κ3) is 3.70. The molecule has 0 bridgehead atoms. The van der Waals surface area contributed by atoms with E-state index in [1.165, 1.54) is 46.1 Å². The number of aryl methyl sites for hydroxylation is 1. The molecule has 1 saturated carbocycles. The minimum Gasteiger partial charge on any atom is -0.365 e. The number of benzene rings is 2. The summed E-state index contributed by atoms with van der Waals surface area (Å²) < 4.78 is 6.93. The van der Waals surface area contributed by atoms with Gasteiger partial charge in [0, 0.05) is 23.4 Å². The molecule has 1 N–H and O–H groups in total. The predicted molar refractivity (Wildman–Crippen MR) is 133 cm³/mol. The Hall–Kier alpha value is -2.10. The van der Waals surface area contributed by atoms with E-state index in [-0.39, 0.29) is 5.60 Å². The molecule has 3 aromatic rings. The third-order valence-corrected chi connectivity index (χ3v) is 8.10. The first kappa shape index (κ1) is 21.7. The molecule has 170 valence electrons. The summed E-state index contributed by atoms with van der Waals surface area (Å²) in [5, 5.41) is 1.43. The Balaban J connectivity index is 1.47. The molecule has 3 heteroatoms. The van der Waals surface area contributed by atoms with Crippen LogP contribution in [0.25, 0.3) is 10.9 Å². The van der Waals surface area contributed by atoms with E-state index in [0.717, 1.165) is 32.1 Å². The van der Waals surface area contributed by atoms with Crippen molar-refractivity contribution in [1.82, 2.24) is 9.88 Å².